The molecule has 1 saturated heterocycles. The molecule has 4 rings (SSSR count). The zero-order valence-electron chi connectivity index (χ0n) is 15.1. The van der Waals surface area contributed by atoms with E-state index in [2.05, 4.69) is 5.10 Å². The van der Waals surface area contributed by atoms with Gasteiger partial charge in [-0.3, -0.25) is 14.4 Å². The molecule has 27 heavy (non-hydrogen) atoms. The highest BCUT2D eigenvalue weighted by atomic mass is 32.1. The fraction of sp³-hybridized carbons (Fsp3) is 0.474. The number of hydrogen-bond acceptors (Lipinski definition) is 5. The van der Waals surface area contributed by atoms with Crippen molar-refractivity contribution in [2.75, 3.05) is 26.2 Å². The van der Waals surface area contributed by atoms with Crippen molar-refractivity contribution < 1.29 is 9.59 Å². The standard InChI is InChI=1S/C19H22N4O3S/c24-17-12-14-4-1-2-5-15(14)20-23(17)13-18(25)21-7-9-22(10-8-21)19(26)16-6-3-11-27-16/h3,6,11-12H,1-2,4-5,7-10,13H2. The highest BCUT2D eigenvalue weighted by molar-refractivity contribution is 7.12. The highest BCUT2D eigenvalue weighted by Crippen LogP contribution is 2.17. The molecular formula is C19H22N4O3S. The van der Waals surface area contributed by atoms with Gasteiger partial charge in [0.2, 0.25) is 5.91 Å². The van der Waals surface area contributed by atoms with Crippen LogP contribution in [0.5, 0.6) is 0 Å². The Balaban J connectivity index is 1.37. The number of amides is 2. The van der Waals surface area contributed by atoms with Crippen LogP contribution < -0.4 is 5.56 Å². The van der Waals surface area contributed by atoms with Gasteiger partial charge in [0.1, 0.15) is 6.54 Å². The van der Waals surface area contributed by atoms with Crippen molar-refractivity contribution in [2.24, 2.45) is 0 Å². The van der Waals surface area contributed by atoms with Crippen LogP contribution >= 0.6 is 11.3 Å². The monoisotopic (exact) mass is 386 g/mol. The molecule has 2 aromatic heterocycles. The number of carbonyl (C=O) groups is 2. The molecular weight excluding hydrogens is 364 g/mol. The van der Waals surface area contributed by atoms with Gasteiger partial charge in [-0.05, 0) is 42.7 Å². The first-order chi connectivity index (χ1) is 13.1. The Labute approximate surface area is 161 Å². The summed E-state index contributed by atoms with van der Waals surface area (Å²) in [6, 6.07) is 5.31. The summed E-state index contributed by atoms with van der Waals surface area (Å²) in [6.07, 6.45) is 3.93. The highest BCUT2D eigenvalue weighted by Gasteiger charge is 2.26. The SMILES string of the molecule is O=C(Cn1nc2c(cc1=O)CCCC2)N1CCN(C(=O)c2cccs2)CC1. The van der Waals surface area contributed by atoms with Crippen LogP contribution in [0.25, 0.3) is 0 Å². The average molecular weight is 386 g/mol. The van der Waals surface area contributed by atoms with E-state index in [1.54, 1.807) is 15.9 Å². The maximum absolute atomic E-state index is 12.6. The molecule has 1 aliphatic heterocycles. The third kappa shape index (κ3) is 3.80. The van der Waals surface area contributed by atoms with Crippen LogP contribution in [0.4, 0.5) is 0 Å². The second-order valence-corrected chi connectivity index (χ2v) is 7.92. The number of aryl methyl sites for hydroxylation is 2. The van der Waals surface area contributed by atoms with E-state index in [-0.39, 0.29) is 23.9 Å². The smallest absolute Gasteiger partial charge is 0.267 e. The van der Waals surface area contributed by atoms with Crippen molar-refractivity contribution >= 4 is 23.2 Å². The Kier molecular flexibility index (Phi) is 5.07. The van der Waals surface area contributed by atoms with Crippen LogP contribution in [0, 0.1) is 0 Å². The van der Waals surface area contributed by atoms with Crippen molar-refractivity contribution in [3.63, 3.8) is 0 Å². The number of hydrogen-bond donors (Lipinski definition) is 0. The topological polar surface area (TPSA) is 75.5 Å². The van der Waals surface area contributed by atoms with Gasteiger partial charge in [-0.15, -0.1) is 11.3 Å². The number of thiophene rings is 1. The molecule has 1 fully saturated rings. The molecule has 0 unspecified atom stereocenters. The third-order valence-corrected chi connectivity index (χ3v) is 6.07. The lowest BCUT2D eigenvalue weighted by molar-refractivity contribution is -0.133. The van der Waals surface area contributed by atoms with Gasteiger partial charge in [-0.25, -0.2) is 4.68 Å². The average Bonchev–Trinajstić information content (AvgIpc) is 3.23. The quantitative estimate of drug-likeness (QED) is 0.794. The summed E-state index contributed by atoms with van der Waals surface area (Å²) in [4.78, 5) is 41.5. The fourth-order valence-corrected chi connectivity index (χ4v) is 4.35. The fourth-order valence-electron chi connectivity index (χ4n) is 3.66. The lowest BCUT2D eigenvalue weighted by Crippen LogP contribution is -2.51. The predicted octanol–water partition coefficient (Wildman–Crippen LogP) is 1.17. The molecule has 0 saturated carbocycles. The van der Waals surface area contributed by atoms with Gasteiger partial charge in [0, 0.05) is 32.2 Å². The number of aromatic nitrogens is 2. The van der Waals surface area contributed by atoms with E-state index in [4.69, 9.17) is 0 Å². The molecule has 7 nitrogen and oxygen atoms in total. The number of rotatable bonds is 3. The summed E-state index contributed by atoms with van der Waals surface area (Å²) in [5.74, 6) is -0.103. The summed E-state index contributed by atoms with van der Waals surface area (Å²) in [5, 5.41) is 6.30. The summed E-state index contributed by atoms with van der Waals surface area (Å²) >= 11 is 1.43. The molecule has 0 aromatic carbocycles. The van der Waals surface area contributed by atoms with Gasteiger partial charge in [0.25, 0.3) is 11.5 Å². The first-order valence-corrected chi connectivity index (χ1v) is 10.2. The molecule has 8 heteroatoms. The van der Waals surface area contributed by atoms with Crippen molar-refractivity contribution in [3.05, 3.63) is 50.1 Å². The summed E-state index contributed by atoms with van der Waals surface area (Å²) in [7, 11) is 0. The Morgan fingerprint density at radius 2 is 1.81 bits per heavy atom. The van der Waals surface area contributed by atoms with E-state index in [0.29, 0.717) is 26.2 Å². The Morgan fingerprint density at radius 1 is 1.07 bits per heavy atom. The number of carbonyl (C=O) groups excluding carboxylic acids is 2. The molecule has 0 atom stereocenters. The second-order valence-electron chi connectivity index (χ2n) is 6.97. The molecule has 1 aliphatic carbocycles. The van der Waals surface area contributed by atoms with Crippen molar-refractivity contribution in [3.8, 4) is 0 Å². The molecule has 0 radical (unpaired) electrons. The van der Waals surface area contributed by atoms with E-state index in [0.717, 1.165) is 41.8 Å². The van der Waals surface area contributed by atoms with Crippen LogP contribution in [0.1, 0.15) is 33.8 Å². The summed E-state index contributed by atoms with van der Waals surface area (Å²) < 4.78 is 1.29. The molecule has 0 spiro atoms. The zero-order valence-corrected chi connectivity index (χ0v) is 15.9. The molecule has 0 N–H and O–H groups in total. The molecule has 142 valence electrons. The summed E-state index contributed by atoms with van der Waals surface area (Å²) in [6.45, 7) is 1.94. The first kappa shape index (κ1) is 17.9. The lowest BCUT2D eigenvalue weighted by atomic mass is 9.97. The Morgan fingerprint density at radius 3 is 2.56 bits per heavy atom. The summed E-state index contributed by atoms with van der Waals surface area (Å²) in [5.41, 5.74) is 1.76. The van der Waals surface area contributed by atoms with E-state index < -0.39 is 0 Å². The van der Waals surface area contributed by atoms with Crippen LogP contribution in [0.2, 0.25) is 0 Å². The first-order valence-electron chi connectivity index (χ1n) is 9.32. The van der Waals surface area contributed by atoms with E-state index in [1.165, 1.54) is 16.0 Å². The van der Waals surface area contributed by atoms with E-state index in [1.807, 2.05) is 17.5 Å². The van der Waals surface area contributed by atoms with Gasteiger partial charge >= 0.3 is 0 Å². The maximum Gasteiger partial charge on any atom is 0.267 e. The van der Waals surface area contributed by atoms with E-state index in [9.17, 15) is 14.4 Å². The van der Waals surface area contributed by atoms with Crippen LogP contribution in [-0.4, -0.2) is 57.6 Å². The van der Waals surface area contributed by atoms with Gasteiger partial charge < -0.3 is 9.80 Å². The zero-order chi connectivity index (χ0) is 18.8. The normalized spacial score (nSPS) is 16.9. The van der Waals surface area contributed by atoms with Crippen molar-refractivity contribution in [1.82, 2.24) is 19.6 Å². The lowest BCUT2D eigenvalue weighted by Gasteiger charge is -2.34. The third-order valence-electron chi connectivity index (χ3n) is 5.21. The predicted molar refractivity (Wildman–Crippen MR) is 102 cm³/mol. The van der Waals surface area contributed by atoms with Gasteiger partial charge in [-0.2, -0.15) is 5.10 Å². The van der Waals surface area contributed by atoms with Gasteiger partial charge in [0.05, 0.1) is 10.6 Å². The number of fused-ring (bicyclic) bond motifs is 1. The molecule has 2 aromatic rings. The minimum atomic E-state index is -0.212. The minimum absolute atomic E-state index is 0.0182. The molecule has 0 bridgehead atoms. The Hall–Kier alpha value is -2.48. The van der Waals surface area contributed by atoms with Crippen molar-refractivity contribution in [2.45, 2.75) is 32.2 Å². The Bertz CT molecular complexity index is 898. The molecule has 2 amide bonds. The van der Waals surface area contributed by atoms with Crippen LogP contribution in [0.3, 0.4) is 0 Å². The van der Waals surface area contributed by atoms with Crippen LogP contribution in [-0.2, 0) is 24.2 Å². The molecule has 3 heterocycles. The second kappa shape index (κ2) is 7.64. The number of piperazine rings is 1. The molecule has 2 aliphatic rings. The van der Waals surface area contributed by atoms with E-state index >= 15 is 0 Å². The van der Waals surface area contributed by atoms with Gasteiger partial charge in [-0.1, -0.05) is 6.07 Å². The minimum Gasteiger partial charge on any atom is -0.338 e. The number of nitrogens with zero attached hydrogens (tertiary/aromatic N) is 4. The van der Waals surface area contributed by atoms with Gasteiger partial charge in [0.15, 0.2) is 0 Å². The van der Waals surface area contributed by atoms with Crippen molar-refractivity contribution in [1.29, 1.82) is 0 Å². The van der Waals surface area contributed by atoms with Crippen LogP contribution in [0.15, 0.2) is 28.4 Å². The maximum atomic E-state index is 12.6. The largest absolute Gasteiger partial charge is 0.338 e.